The van der Waals surface area contributed by atoms with E-state index in [1.54, 1.807) is 20.0 Å². The molecule has 14 nitrogen and oxygen atoms in total. The second-order valence-electron chi connectivity index (χ2n) is 9.87. The molecule has 5 atom stereocenters. The van der Waals surface area contributed by atoms with Gasteiger partial charge < -0.3 is 42.0 Å². The molecule has 0 saturated heterocycles. The summed E-state index contributed by atoms with van der Waals surface area (Å²) < 4.78 is 0. The Morgan fingerprint density at radius 2 is 1.44 bits per heavy atom. The van der Waals surface area contributed by atoms with E-state index in [-0.39, 0.29) is 19.3 Å². The van der Waals surface area contributed by atoms with Gasteiger partial charge in [0.1, 0.15) is 18.1 Å². The lowest BCUT2D eigenvalue weighted by molar-refractivity contribution is -0.143. The van der Waals surface area contributed by atoms with Crippen molar-refractivity contribution in [2.24, 2.45) is 11.7 Å². The Labute approximate surface area is 236 Å². The van der Waals surface area contributed by atoms with Crippen molar-refractivity contribution in [3.05, 3.63) is 36.0 Å². The number of H-pyrrole nitrogens is 1. The monoisotopic (exact) mass is 575 g/mol. The highest BCUT2D eigenvalue weighted by Gasteiger charge is 2.33. The molecule has 0 aliphatic rings. The summed E-state index contributed by atoms with van der Waals surface area (Å²) in [6, 6.07) is 2.24. The van der Waals surface area contributed by atoms with Crippen molar-refractivity contribution in [1.29, 1.82) is 0 Å². The fourth-order valence-corrected chi connectivity index (χ4v) is 4.19. The number of amides is 3. The summed E-state index contributed by atoms with van der Waals surface area (Å²) in [4.78, 5) is 75.9. The van der Waals surface area contributed by atoms with Crippen LogP contribution in [0.5, 0.6) is 0 Å². The molecular weight excluding hydrogens is 538 g/mol. The third-order valence-electron chi connectivity index (χ3n) is 6.79. The molecular formula is C27H37N5O9. The fraction of sp³-hybridized carbons (Fsp3) is 0.481. The number of hydrogen-bond donors (Lipinski definition) is 8. The number of carbonyl (C=O) groups excluding carboxylic acids is 3. The van der Waals surface area contributed by atoms with Gasteiger partial charge in [0, 0.05) is 29.9 Å². The normalized spacial score (nSPS) is 14.7. The molecule has 5 unspecified atom stereocenters. The summed E-state index contributed by atoms with van der Waals surface area (Å²) in [7, 11) is 0. The van der Waals surface area contributed by atoms with Gasteiger partial charge >= 0.3 is 17.9 Å². The molecule has 0 radical (unpaired) electrons. The number of benzene rings is 1. The molecule has 0 bridgehead atoms. The van der Waals surface area contributed by atoms with Gasteiger partial charge in [-0.15, -0.1) is 0 Å². The van der Waals surface area contributed by atoms with Crippen LogP contribution in [0.3, 0.4) is 0 Å². The smallest absolute Gasteiger partial charge is 0.326 e. The van der Waals surface area contributed by atoms with Crippen molar-refractivity contribution in [3.8, 4) is 0 Å². The van der Waals surface area contributed by atoms with Crippen LogP contribution < -0.4 is 21.7 Å². The zero-order chi connectivity index (χ0) is 30.7. The van der Waals surface area contributed by atoms with Gasteiger partial charge in [0.2, 0.25) is 17.7 Å². The standard InChI is InChI=1S/C27H37N5O9/c1-3-14(2)23(26(39)31-20(27(40)41)9-11-22(35)36)32-25(38)19(8-10-21(33)34)30-24(37)17(28)12-15-13-29-18-7-5-4-6-16(15)18/h4-7,13-14,17,19-20,23,29H,3,8-12,28H2,1-2H3,(H,30,37)(H,31,39)(H,32,38)(H,33,34)(H,35,36)(H,40,41). The Hall–Kier alpha value is -4.46. The Bertz CT molecular complexity index is 1260. The number of aromatic amines is 1. The topological polar surface area (TPSA) is 241 Å². The SMILES string of the molecule is CCC(C)C(NC(=O)C(CCC(=O)O)NC(=O)C(N)Cc1c[nH]c2ccccc12)C(=O)NC(CCC(=O)O)C(=O)O. The molecule has 1 aromatic carbocycles. The van der Waals surface area contributed by atoms with Crippen LogP contribution >= 0.6 is 0 Å². The number of hydrogen-bond acceptors (Lipinski definition) is 7. The van der Waals surface area contributed by atoms with E-state index in [1.807, 2.05) is 24.3 Å². The van der Waals surface area contributed by atoms with E-state index in [4.69, 9.17) is 15.9 Å². The minimum absolute atomic E-state index is 0.133. The van der Waals surface area contributed by atoms with Crippen molar-refractivity contribution in [3.63, 3.8) is 0 Å². The molecule has 2 aromatic rings. The first-order valence-corrected chi connectivity index (χ1v) is 13.2. The number of nitrogens with one attached hydrogen (secondary N) is 4. The van der Waals surface area contributed by atoms with Crippen LogP contribution in [0.4, 0.5) is 0 Å². The molecule has 41 heavy (non-hydrogen) atoms. The summed E-state index contributed by atoms with van der Waals surface area (Å²) in [6.07, 6.45) is 0.622. The maximum absolute atomic E-state index is 13.2. The fourth-order valence-electron chi connectivity index (χ4n) is 4.19. The van der Waals surface area contributed by atoms with Gasteiger partial charge in [-0.1, -0.05) is 38.5 Å². The first-order valence-electron chi connectivity index (χ1n) is 13.2. The van der Waals surface area contributed by atoms with Gasteiger partial charge in [0.05, 0.1) is 6.04 Å². The molecule has 9 N–H and O–H groups in total. The predicted octanol–water partition coefficient (Wildman–Crippen LogP) is 0.352. The van der Waals surface area contributed by atoms with Gasteiger partial charge in [-0.25, -0.2) is 4.79 Å². The summed E-state index contributed by atoms with van der Waals surface area (Å²) in [5.74, 6) is -6.79. The zero-order valence-corrected chi connectivity index (χ0v) is 22.9. The van der Waals surface area contributed by atoms with E-state index in [1.165, 1.54) is 0 Å². The number of aliphatic carboxylic acids is 3. The average molecular weight is 576 g/mol. The van der Waals surface area contributed by atoms with Crippen molar-refractivity contribution in [2.75, 3.05) is 0 Å². The third kappa shape index (κ3) is 9.90. The molecule has 1 aromatic heterocycles. The Morgan fingerprint density at radius 3 is 2.02 bits per heavy atom. The van der Waals surface area contributed by atoms with Crippen LogP contribution in [0.2, 0.25) is 0 Å². The van der Waals surface area contributed by atoms with E-state index in [0.29, 0.717) is 6.42 Å². The quantitative estimate of drug-likeness (QED) is 0.129. The number of carbonyl (C=O) groups is 6. The lowest BCUT2D eigenvalue weighted by atomic mass is 9.96. The van der Waals surface area contributed by atoms with E-state index in [9.17, 15) is 33.9 Å². The van der Waals surface area contributed by atoms with Gasteiger partial charge in [-0.2, -0.15) is 0 Å². The molecule has 0 saturated carbocycles. The molecule has 224 valence electrons. The van der Waals surface area contributed by atoms with E-state index in [0.717, 1.165) is 16.5 Å². The molecule has 3 amide bonds. The molecule has 2 rings (SSSR count). The van der Waals surface area contributed by atoms with Crippen LogP contribution in [0, 0.1) is 5.92 Å². The van der Waals surface area contributed by atoms with Gasteiger partial charge in [0.15, 0.2) is 0 Å². The maximum atomic E-state index is 13.2. The van der Waals surface area contributed by atoms with Gasteiger partial charge in [0.25, 0.3) is 0 Å². The molecule has 1 heterocycles. The molecule has 0 aliphatic heterocycles. The van der Waals surface area contributed by atoms with E-state index >= 15 is 0 Å². The van der Waals surface area contributed by atoms with E-state index < -0.39 is 78.6 Å². The Balaban J connectivity index is 2.16. The number of carboxylic acids is 3. The summed E-state index contributed by atoms with van der Waals surface area (Å²) >= 11 is 0. The van der Waals surface area contributed by atoms with Gasteiger partial charge in [-0.05, 0) is 36.8 Å². The minimum Gasteiger partial charge on any atom is -0.481 e. The highest BCUT2D eigenvalue weighted by atomic mass is 16.4. The van der Waals surface area contributed by atoms with Crippen molar-refractivity contribution < 1.29 is 44.1 Å². The average Bonchev–Trinajstić information content (AvgIpc) is 3.33. The van der Waals surface area contributed by atoms with Crippen LogP contribution in [-0.2, 0) is 35.2 Å². The minimum atomic E-state index is -1.51. The van der Waals surface area contributed by atoms with Crippen molar-refractivity contribution in [1.82, 2.24) is 20.9 Å². The highest BCUT2D eigenvalue weighted by molar-refractivity contribution is 5.94. The second kappa shape index (κ2) is 15.4. The molecule has 0 spiro atoms. The van der Waals surface area contributed by atoms with E-state index in [2.05, 4.69) is 20.9 Å². The largest absolute Gasteiger partial charge is 0.481 e. The number of para-hydroxylation sites is 1. The predicted molar refractivity (Wildman–Crippen MR) is 147 cm³/mol. The summed E-state index contributed by atoms with van der Waals surface area (Å²) in [5.41, 5.74) is 7.76. The number of rotatable bonds is 17. The maximum Gasteiger partial charge on any atom is 0.326 e. The van der Waals surface area contributed by atoms with Crippen molar-refractivity contribution >= 4 is 46.5 Å². The Kier molecular flexibility index (Phi) is 12.3. The zero-order valence-electron chi connectivity index (χ0n) is 22.9. The lowest BCUT2D eigenvalue weighted by Crippen LogP contribution is -2.58. The first kappa shape index (κ1) is 32.8. The van der Waals surface area contributed by atoms with Crippen LogP contribution in [-0.4, -0.2) is 80.1 Å². The Morgan fingerprint density at radius 1 is 0.854 bits per heavy atom. The number of fused-ring (bicyclic) bond motifs is 1. The lowest BCUT2D eigenvalue weighted by Gasteiger charge is -2.28. The number of nitrogens with two attached hydrogens (primary N) is 1. The third-order valence-corrected chi connectivity index (χ3v) is 6.79. The summed E-state index contributed by atoms with van der Waals surface area (Å²) in [6.45, 7) is 3.38. The van der Waals surface area contributed by atoms with Crippen molar-refractivity contribution in [2.45, 2.75) is 76.5 Å². The number of carboxylic acid groups (broad SMARTS) is 3. The first-order chi connectivity index (χ1) is 19.3. The van der Waals surface area contributed by atoms with Crippen LogP contribution in [0.15, 0.2) is 30.5 Å². The summed E-state index contributed by atoms with van der Waals surface area (Å²) in [5, 5.41) is 35.5. The van der Waals surface area contributed by atoms with Crippen LogP contribution in [0.1, 0.15) is 51.5 Å². The molecule has 14 heteroatoms. The second-order valence-corrected chi connectivity index (χ2v) is 9.87. The number of aromatic nitrogens is 1. The molecule has 0 aliphatic carbocycles. The molecule has 0 fully saturated rings. The van der Waals surface area contributed by atoms with Gasteiger partial charge in [-0.3, -0.25) is 24.0 Å². The highest BCUT2D eigenvalue weighted by Crippen LogP contribution is 2.19. The van der Waals surface area contributed by atoms with Crippen LogP contribution in [0.25, 0.3) is 10.9 Å².